The second-order valence-corrected chi connectivity index (χ2v) is 7.14. The van der Waals surface area contributed by atoms with Gasteiger partial charge in [-0.05, 0) is 19.3 Å². The lowest BCUT2D eigenvalue weighted by Crippen LogP contribution is -2.22. The number of fused-ring (bicyclic) bond motifs is 1. The Morgan fingerprint density at radius 1 is 1.45 bits per heavy atom. The van der Waals surface area contributed by atoms with Crippen LogP contribution < -0.4 is 5.73 Å². The molecule has 0 unspecified atom stereocenters. The van der Waals surface area contributed by atoms with Gasteiger partial charge in [-0.1, -0.05) is 6.92 Å². The van der Waals surface area contributed by atoms with E-state index < -0.39 is 19.5 Å². The topological polar surface area (TPSA) is 136 Å². The van der Waals surface area contributed by atoms with E-state index in [-0.39, 0.29) is 5.95 Å². The van der Waals surface area contributed by atoms with Gasteiger partial charge < -0.3 is 24.8 Å². The van der Waals surface area contributed by atoms with Crippen LogP contribution in [-0.4, -0.2) is 41.3 Å². The Bertz CT molecular complexity index is 751. The highest BCUT2D eigenvalue weighted by Crippen LogP contribution is 2.46. The largest absolute Gasteiger partial charge is 0.368 e. The van der Waals surface area contributed by atoms with Gasteiger partial charge >= 0.3 is 7.60 Å². The first-order valence-electron chi connectivity index (χ1n) is 6.98. The van der Waals surface area contributed by atoms with Gasteiger partial charge in [0, 0.05) is 0 Å². The molecule has 2 aromatic heterocycles. The Labute approximate surface area is 126 Å². The van der Waals surface area contributed by atoms with Gasteiger partial charge in [0.25, 0.3) is 0 Å². The van der Waals surface area contributed by atoms with Crippen molar-refractivity contribution in [2.75, 3.05) is 12.1 Å². The average Bonchev–Trinajstić information content (AvgIpc) is 3.10. The van der Waals surface area contributed by atoms with Crippen LogP contribution >= 0.6 is 7.60 Å². The zero-order valence-corrected chi connectivity index (χ0v) is 13.0. The predicted octanol–water partition coefficient (Wildman–Crippen LogP) is 0.655. The molecule has 0 aromatic carbocycles. The summed E-state index contributed by atoms with van der Waals surface area (Å²) in [7, 11) is -4.17. The molecule has 0 spiro atoms. The summed E-state index contributed by atoms with van der Waals surface area (Å²) in [5.41, 5.74) is 7.27. The van der Waals surface area contributed by atoms with Crippen LogP contribution in [0.25, 0.3) is 11.2 Å². The minimum absolute atomic E-state index is 0.187. The van der Waals surface area contributed by atoms with E-state index in [1.54, 1.807) is 10.9 Å². The van der Waals surface area contributed by atoms with E-state index in [2.05, 4.69) is 15.0 Å². The quantitative estimate of drug-likeness (QED) is 0.658. The fourth-order valence-electron chi connectivity index (χ4n) is 2.40. The Hall–Kier alpha value is -1.54. The molecule has 4 N–H and O–H groups in total. The number of aryl methyl sites for hydroxylation is 1. The number of nitrogens with zero attached hydrogens (tertiary/aromatic N) is 4. The molecular weight excluding hydrogens is 309 g/mol. The van der Waals surface area contributed by atoms with Crippen LogP contribution in [-0.2, 0) is 22.3 Å². The molecule has 2 heterocycles. The van der Waals surface area contributed by atoms with Crippen LogP contribution in [0, 0.1) is 0 Å². The summed E-state index contributed by atoms with van der Waals surface area (Å²) in [6, 6.07) is 0. The van der Waals surface area contributed by atoms with Gasteiger partial charge in [0.05, 0.1) is 24.2 Å². The number of ether oxygens (including phenoxy) is 1. The fourth-order valence-corrected chi connectivity index (χ4v) is 2.84. The van der Waals surface area contributed by atoms with Crippen LogP contribution in [0.15, 0.2) is 6.33 Å². The van der Waals surface area contributed by atoms with Crippen LogP contribution in [0.2, 0.25) is 0 Å². The first kappa shape index (κ1) is 15.4. The first-order valence-corrected chi connectivity index (χ1v) is 8.77. The molecule has 0 amide bonds. The molecule has 0 atom stereocenters. The SMILES string of the molecule is CCc1nc(N)nc2c1ncn2CC1(OCP(=O)(O)O)CC1. The highest BCUT2D eigenvalue weighted by molar-refractivity contribution is 7.51. The molecule has 1 aliphatic carbocycles. The van der Waals surface area contributed by atoms with Gasteiger partial charge in [-0.2, -0.15) is 4.98 Å². The molecule has 1 aliphatic rings. The van der Waals surface area contributed by atoms with Crippen molar-refractivity contribution in [2.45, 2.75) is 38.3 Å². The average molecular weight is 327 g/mol. The number of hydrogen-bond donors (Lipinski definition) is 3. The summed E-state index contributed by atoms with van der Waals surface area (Å²) in [5, 5.41) is 0. The Kier molecular flexibility index (Phi) is 3.68. The molecule has 2 aromatic rings. The second-order valence-electron chi connectivity index (χ2n) is 5.55. The molecular formula is C12H18N5O4P. The molecule has 22 heavy (non-hydrogen) atoms. The summed E-state index contributed by atoms with van der Waals surface area (Å²) in [4.78, 5) is 30.6. The fraction of sp³-hybridized carbons (Fsp3) is 0.583. The third-order valence-corrected chi connectivity index (χ3v) is 4.16. The van der Waals surface area contributed by atoms with Crippen molar-refractivity contribution in [2.24, 2.45) is 0 Å². The van der Waals surface area contributed by atoms with Crippen molar-refractivity contribution in [1.29, 1.82) is 0 Å². The van der Waals surface area contributed by atoms with E-state index >= 15 is 0 Å². The lowest BCUT2D eigenvalue weighted by Gasteiger charge is -2.17. The van der Waals surface area contributed by atoms with Crippen molar-refractivity contribution in [3.05, 3.63) is 12.0 Å². The maximum atomic E-state index is 11.0. The van der Waals surface area contributed by atoms with Crippen molar-refractivity contribution in [3.63, 3.8) is 0 Å². The number of nitrogens with two attached hydrogens (primary N) is 1. The van der Waals surface area contributed by atoms with Gasteiger partial charge in [0.15, 0.2) is 5.65 Å². The van der Waals surface area contributed by atoms with E-state index in [9.17, 15) is 4.57 Å². The number of aromatic nitrogens is 4. The smallest absolute Gasteiger partial charge is 0.351 e. The van der Waals surface area contributed by atoms with Gasteiger partial charge in [-0.3, -0.25) is 4.57 Å². The zero-order valence-electron chi connectivity index (χ0n) is 12.1. The van der Waals surface area contributed by atoms with Crippen LogP contribution in [0.5, 0.6) is 0 Å². The van der Waals surface area contributed by atoms with Crippen molar-refractivity contribution in [3.8, 4) is 0 Å². The molecule has 0 radical (unpaired) electrons. The van der Waals surface area contributed by atoms with Crippen LogP contribution in [0.4, 0.5) is 5.95 Å². The summed E-state index contributed by atoms with van der Waals surface area (Å²) >= 11 is 0. The molecule has 10 heteroatoms. The first-order chi connectivity index (χ1) is 10.3. The Morgan fingerprint density at radius 3 is 2.77 bits per heavy atom. The summed E-state index contributed by atoms with van der Waals surface area (Å²) in [5.74, 6) is 0.187. The third-order valence-electron chi connectivity index (χ3n) is 3.69. The molecule has 1 fully saturated rings. The molecule has 3 rings (SSSR count). The minimum atomic E-state index is -4.17. The number of hydrogen-bond acceptors (Lipinski definition) is 6. The molecule has 0 saturated heterocycles. The lowest BCUT2D eigenvalue weighted by molar-refractivity contribution is 0.0417. The lowest BCUT2D eigenvalue weighted by atomic mass is 10.3. The van der Waals surface area contributed by atoms with E-state index in [0.717, 1.165) is 18.5 Å². The zero-order chi connectivity index (χ0) is 16.0. The maximum Gasteiger partial charge on any atom is 0.351 e. The second kappa shape index (κ2) is 5.27. The van der Waals surface area contributed by atoms with Crippen LogP contribution in [0.3, 0.4) is 0 Å². The van der Waals surface area contributed by atoms with E-state index in [1.165, 1.54) is 0 Å². The van der Waals surface area contributed by atoms with Gasteiger partial charge in [0.1, 0.15) is 11.9 Å². The van der Waals surface area contributed by atoms with Crippen molar-refractivity contribution < 1.29 is 19.1 Å². The number of anilines is 1. The van der Waals surface area contributed by atoms with Gasteiger partial charge in [-0.25, -0.2) is 9.97 Å². The molecule has 1 saturated carbocycles. The Balaban J connectivity index is 1.85. The van der Waals surface area contributed by atoms with E-state index in [0.29, 0.717) is 24.1 Å². The highest BCUT2D eigenvalue weighted by atomic mass is 31.2. The summed E-state index contributed by atoms with van der Waals surface area (Å²) in [6.07, 6.45) is 3.25. The monoisotopic (exact) mass is 327 g/mol. The van der Waals surface area contributed by atoms with E-state index in [1.807, 2.05) is 6.92 Å². The third kappa shape index (κ3) is 3.12. The number of nitrogen functional groups attached to an aromatic ring is 1. The highest BCUT2D eigenvalue weighted by Gasteiger charge is 2.46. The van der Waals surface area contributed by atoms with E-state index in [4.69, 9.17) is 20.3 Å². The molecule has 0 aliphatic heterocycles. The summed E-state index contributed by atoms with van der Waals surface area (Å²) < 4.78 is 18.2. The maximum absolute atomic E-state index is 11.0. The van der Waals surface area contributed by atoms with Crippen molar-refractivity contribution in [1.82, 2.24) is 19.5 Å². The molecule has 0 bridgehead atoms. The van der Waals surface area contributed by atoms with Crippen LogP contribution in [0.1, 0.15) is 25.5 Å². The van der Waals surface area contributed by atoms with Crippen molar-refractivity contribution >= 4 is 24.7 Å². The normalized spacial score (nSPS) is 17.0. The Morgan fingerprint density at radius 2 is 2.18 bits per heavy atom. The molecule has 9 nitrogen and oxygen atoms in total. The summed E-state index contributed by atoms with van der Waals surface area (Å²) in [6.45, 7) is 2.40. The van der Waals surface area contributed by atoms with Gasteiger partial charge in [0.2, 0.25) is 5.95 Å². The standard InChI is InChI=1S/C12H18N5O4P/c1-2-8-9-10(16-11(13)15-8)17(6-14-9)5-12(3-4-12)21-7-22(18,19)20/h6H,2-5,7H2,1H3,(H2,13,15,16)(H2,18,19,20). The molecule has 120 valence electrons. The number of imidazole rings is 1. The minimum Gasteiger partial charge on any atom is -0.368 e. The van der Waals surface area contributed by atoms with Gasteiger partial charge in [-0.15, -0.1) is 0 Å². The number of rotatable bonds is 6. The predicted molar refractivity (Wildman–Crippen MR) is 79.1 cm³/mol.